The Bertz CT molecular complexity index is 293. The van der Waals surface area contributed by atoms with Gasteiger partial charge in [-0.2, -0.15) is 0 Å². The van der Waals surface area contributed by atoms with E-state index in [1.807, 2.05) is 6.07 Å². The van der Waals surface area contributed by atoms with Gasteiger partial charge in [-0.15, -0.1) is 0 Å². The summed E-state index contributed by atoms with van der Waals surface area (Å²) in [5.74, 6) is 0.601. The van der Waals surface area contributed by atoms with E-state index in [0.717, 1.165) is 11.1 Å². The highest BCUT2D eigenvalue weighted by atomic mass is 16.5. The van der Waals surface area contributed by atoms with Crippen molar-refractivity contribution in [3.8, 4) is 5.88 Å². The van der Waals surface area contributed by atoms with Crippen molar-refractivity contribution in [3.63, 3.8) is 0 Å². The van der Waals surface area contributed by atoms with Crippen LogP contribution in [-0.4, -0.2) is 17.2 Å². The normalized spacial score (nSPS) is 11.5. The van der Waals surface area contributed by atoms with Gasteiger partial charge in [0.25, 0.3) is 0 Å². The van der Waals surface area contributed by atoms with Crippen molar-refractivity contribution >= 4 is 0 Å². The Morgan fingerprint density at radius 3 is 2.50 bits per heavy atom. The van der Waals surface area contributed by atoms with Crippen molar-refractivity contribution in [1.29, 1.82) is 0 Å². The number of rotatable bonds is 2. The van der Waals surface area contributed by atoms with Gasteiger partial charge >= 0.3 is 0 Å². The molecule has 1 heterocycles. The average molecular weight is 195 g/mol. The molecular weight excluding hydrogens is 178 g/mol. The predicted molar refractivity (Wildman–Crippen MR) is 55.4 cm³/mol. The fraction of sp³-hybridized carbons (Fsp3) is 0.545. The highest BCUT2D eigenvalue weighted by Crippen LogP contribution is 2.32. The minimum absolute atomic E-state index is 0.0193. The molecule has 1 aromatic heterocycles. The molecule has 0 radical (unpaired) electrons. The monoisotopic (exact) mass is 195 g/mol. The largest absolute Gasteiger partial charge is 0.481 e. The van der Waals surface area contributed by atoms with Crippen molar-refractivity contribution in [2.75, 3.05) is 7.11 Å². The second kappa shape index (κ2) is 3.96. The van der Waals surface area contributed by atoms with E-state index >= 15 is 0 Å². The molecule has 0 aromatic carbocycles. The summed E-state index contributed by atoms with van der Waals surface area (Å²) in [4.78, 5) is 4.14. The second-order valence-corrected chi connectivity index (χ2v) is 4.26. The first-order chi connectivity index (χ1) is 6.50. The molecule has 0 saturated carbocycles. The summed E-state index contributed by atoms with van der Waals surface area (Å²) < 4.78 is 5.19. The van der Waals surface area contributed by atoms with E-state index in [4.69, 9.17) is 4.74 Å². The van der Waals surface area contributed by atoms with Crippen molar-refractivity contribution in [1.82, 2.24) is 4.98 Å². The molecule has 78 valence electrons. The summed E-state index contributed by atoms with van der Waals surface area (Å²) in [7, 11) is 1.60. The number of aromatic nitrogens is 1. The molecule has 1 rings (SSSR count). The second-order valence-electron chi connectivity index (χ2n) is 4.26. The number of ether oxygens (including phenoxy) is 1. The van der Waals surface area contributed by atoms with Crippen LogP contribution in [0.4, 0.5) is 0 Å². The van der Waals surface area contributed by atoms with Crippen LogP contribution in [0.5, 0.6) is 5.88 Å². The Labute approximate surface area is 84.7 Å². The van der Waals surface area contributed by atoms with E-state index in [9.17, 15) is 5.11 Å². The van der Waals surface area contributed by atoms with Crippen molar-refractivity contribution in [2.45, 2.75) is 32.8 Å². The Morgan fingerprint density at radius 1 is 1.43 bits per heavy atom. The molecule has 0 fully saturated rings. The predicted octanol–water partition coefficient (Wildman–Crippen LogP) is 1.88. The van der Waals surface area contributed by atoms with Gasteiger partial charge in [0.15, 0.2) is 0 Å². The fourth-order valence-corrected chi connectivity index (χ4v) is 1.57. The van der Waals surface area contributed by atoms with Gasteiger partial charge in [0, 0.05) is 11.8 Å². The summed E-state index contributed by atoms with van der Waals surface area (Å²) >= 11 is 0. The third-order valence-electron chi connectivity index (χ3n) is 2.12. The van der Waals surface area contributed by atoms with Crippen molar-refractivity contribution in [3.05, 3.63) is 23.4 Å². The molecule has 0 amide bonds. The number of pyridine rings is 1. The van der Waals surface area contributed by atoms with E-state index in [1.165, 1.54) is 0 Å². The van der Waals surface area contributed by atoms with Crippen LogP contribution in [0.1, 0.15) is 31.9 Å². The van der Waals surface area contributed by atoms with E-state index in [2.05, 4.69) is 25.8 Å². The zero-order valence-corrected chi connectivity index (χ0v) is 9.16. The molecular formula is C11H17NO2. The molecule has 0 atom stereocenters. The van der Waals surface area contributed by atoms with Gasteiger partial charge in [0.05, 0.1) is 13.7 Å². The van der Waals surface area contributed by atoms with Crippen LogP contribution >= 0.6 is 0 Å². The Hall–Kier alpha value is -1.09. The molecule has 0 saturated heterocycles. The molecule has 0 aliphatic heterocycles. The van der Waals surface area contributed by atoms with Gasteiger partial charge in [-0.3, -0.25) is 0 Å². The molecule has 1 aromatic rings. The first-order valence-corrected chi connectivity index (χ1v) is 4.64. The number of methoxy groups -OCH3 is 1. The SMILES string of the molecule is COc1nccc(CO)c1C(C)(C)C. The number of hydrogen-bond donors (Lipinski definition) is 1. The smallest absolute Gasteiger partial charge is 0.217 e. The van der Waals surface area contributed by atoms with E-state index in [1.54, 1.807) is 13.3 Å². The molecule has 14 heavy (non-hydrogen) atoms. The quantitative estimate of drug-likeness (QED) is 0.783. The average Bonchev–Trinajstić information content (AvgIpc) is 2.15. The molecule has 1 N–H and O–H groups in total. The van der Waals surface area contributed by atoms with Crippen LogP contribution < -0.4 is 4.74 Å². The fourth-order valence-electron chi connectivity index (χ4n) is 1.57. The Morgan fingerprint density at radius 2 is 2.07 bits per heavy atom. The van der Waals surface area contributed by atoms with Crippen molar-refractivity contribution in [2.24, 2.45) is 0 Å². The maximum absolute atomic E-state index is 9.22. The third-order valence-corrected chi connectivity index (χ3v) is 2.12. The topological polar surface area (TPSA) is 42.4 Å². The molecule has 0 spiro atoms. The standard InChI is InChI=1S/C11H17NO2/c1-11(2,3)9-8(7-13)5-6-12-10(9)14-4/h5-6,13H,7H2,1-4H3. The molecule has 0 bridgehead atoms. The van der Waals surface area contributed by atoms with E-state index in [0.29, 0.717) is 5.88 Å². The molecule has 0 unspecified atom stereocenters. The molecule has 0 aliphatic rings. The lowest BCUT2D eigenvalue weighted by Crippen LogP contribution is -2.16. The van der Waals surface area contributed by atoms with Crippen LogP contribution in [0.25, 0.3) is 0 Å². The maximum Gasteiger partial charge on any atom is 0.217 e. The first kappa shape index (κ1) is 11.0. The minimum Gasteiger partial charge on any atom is -0.481 e. The molecule has 3 nitrogen and oxygen atoms in total. The van der Waals surface area contributed by atoms with Gasteiger partial charge < -0.3 is 9.84 Å². The van der Waals surface area contributed by atoms with E-state index in [-0.39, 0.29) is 12.0 Å². The minimum atomic E-state index is -0.0718. The number of nitrogens with zero attached hydrogens (tertiary/aromatic N) is 1. The highest BCUT2D eigenvalue weighted by Gasteiger charge is 2.23. The highest BCUT2D eigenvalue weighted by molar-refractivity contribution is 5.39. The summed E-state index contributed by atoms with van der Waals surface area (Å²) in [6, 6.07) is 1.82. The van der Waals surface area contributed by atoms with Gasteiger partial charge in [-0.25, -0.2) is 4.98 Å². The van der Waals surface area contributed by atoms with Gasteiger partial charge in [0.1, 0.15) is 0 Å². The van der Waals surface area contributed by atoms with Crippen LogP contribution in [0.2, 0.25) is 0 Å². The summed E-state index contributed by atoms with van der Waals surface area (Å²) in [6.45, 7) is 6.24. The summed E-state index contributed by atoms with van der Waals surface area (Å²) in [5.41, 5.74) is 1.78. The van der Waals surface area contributed by atoms with Crippen LogP contribution in [-0.2, 0) is 12.0 Å². The number of aliphatic hydroxyl groups is 1. The zero-order chi connectivity index (χ0) is 10.8. The molecule has 3 heteroatoms. The zero-order valence-electron chi connectivity index (χ0n) is 9.16. The number of aliphatic hydroxyl groups excluding tert-OH is 1. The van der Waals surface area contributed by atoms with Crippen LogP contribution in [0, 0.1) is 0 Å². The number of hydrogen-bond acceptors (Lipinski definition) is 3. The lowest BCUT2D eigenvalue weighted by atomic mass is 9.84. The van der Waals surface area contributed by atoms with Gasteiger partial charge in [0.2, 0.25) is 5.88 Å². The summed E-state index contributed by atoms with van der Waals surface area (Å²) in [5, 5.41) is 9.22. The third kappa shape index (κ3) is 2.04. The van der Waals surface area contributed by atoms with E-state index < -0.39 is 0 Å². The van der Waals surface area contributed by atoms with Crippen LogP contribution in [0.15, 0.2) is 12.3 Å². The summed E-state index contributed by atoms with van der Waals surface area (Å²) in [6.07, 6.45) is 1.65. The lowest BCUT2D eigenvalue weighted by Gasteiger charge is -2.23. The van der Waals surface area contributed by atoms with Crippen LogP contribution in [0.3, 0.4) is 0 Å². The van der Waals surface area contributed by atoms with Crippen molar-refractivity contribution < 1.29 is 9.84 Å². The molecule has 0 aliphatic carbocycles. The lowest BCUT2D eigenvalue weighted by molar-refractivity contribution is 0.276. The van der Waals surface area contributed by atoms with Gasteiger partial charge in [-0.1, -0.05) is 20.8 Å². The first-order valence-electron chi connectivity index (χ1n) is 4.64. The van der Waals surface area contributed by atoms with Gasteiger partial charge in [-0.05, 0) is 17.0 Å². The Kier molecular flexibility index (Phi) is 3.11. The Balaban J connectivity index is 3.34. The maximum atomic E-state index is 9.22.